The van der Waals surface area contributed by atoms with Crippen molar-refractivity contribution < 1.29 is 19.1 Å². The zero-order valence-electron chi connectivity index (χ0n) is 9.43. The lowest BCUT2D eigenvalue weighted by molar-refractivity contribution is -0.0862. The molecule has 0 saturated carbocycles. The largest absolute Gasteiger partial charge is 0.440 e. The number of ether oxygens (including phenoxy) is 1. The van der Waals surface area contributed by atoms with E-state index in [1.807, 2.05) is 6.92 Å². The first-order chi connectivity index (χ1) is 8.10. The van der Waals surface area contributed by atoms with Crippen molar-refractivity contribution in [3.8, 4) is 0 Å². The van der Waals surface area contributed by atoms with Crippen LogP contribution in [0.15, 0.2) is 16.5 Å². The Morgan fingerprint density at radius 1 is 1.59 bits per heavy atom. The summed E-state index contributed by atoms with van der Waals surface area (Å²) in [5.74, 6) is -0.0220. The van der Waals surface area contributed by atoms with Gasteiger partial charge in [-0.05, 0) is 30.7 Å². The number of carbonyl (C=O) groups is 1. The molecule has 1 aromatic heterocycles. The first-order valence-corrected chi connectivity index (χ1v) is 5.79. The molecule has 2 rings (SSSR count). The molecule has 1 aliphatic heterocycles. The summed E-state index contributed by atoms with van der Waals surface area (Å²) in [6.07, 6.45) is -0.441. The first-order valence-electron chi connectivity index (χ1n) is 5.41. The van der Waals surface area contributed by atoms with Crippen LogP contribution in [0.25, 0.3) is 0 Å². The first kappa shape index (κ1) is 12.4. The Morgan fingerprint density at radius 2 is 2.35 bits per heavy atom. The second-order valence-electron chi connectivity index (χ2n) is 4.07. The number of halogens is 1. The lowest BCUT2D eigenvalue weighted by Crippen LogP contribution is -2.50. The van der Waals surface area contributed by atoms with Crippen LogP contribution in [-0.2, 0) is 4.74 Å². The summed E-state index contributed by atoms with van der Waals surface area (Å²) in [5.41, 5.74) is 0. The van der Waals surface area contributed by atoms with E-state index in [4.69, 9.17) is 25.9 Å². The number of aliphatic hydroxyl groups excluding tert-OH is 1. The van der Waals surface area contributed by atoms with Gasteiger partial charge in [0.15, 0.2) is 11.0 Å². The van der Waals surface area contributed by atoms with Crippen LogP contribution in [0.1, 0.15) is 17.5 Å². The van der Waals surface area contributed by atoms with Gasteiger partial charge in [0.1, 0.15) is 0 Å². The fourth-order valence-corrected chi connectivity index (χ4v) is 2.04. The minimum absolute atomic E-state index is 0.102. The van der Waals surface area contributed by atoms with E-state index in [2.05, 4.69) is 0 Å². The molecule has 1 aliphatic rings. The van der Waals surface area contributed by atoms with Crippen molar-refractivity contribution in [2.24, 2.45) is 0 Å². The number of hydrogen-bond acceptors (Lipinski definition) is 4. The van der Waals surface area contributed by atoms with Crippen molar-refractivity contribution in [1.29, 1.82) is 0 Å². The van der Waals surface area contributed by atoms with Crippen molar-refractivity contribution in [3.05, 3.63) is 23.1 Å². The van der Waals surface area contributed by atoms with Gasteiger partial charge in [0.25, 0.3) is 5.91 Å². The van der Waals surface area contributed by atoms with Crippen molar-refractivity contribution in [1.82, 2.24) is 4.90 Å². The number of furan rings is 1. The predicted molar refractivity (Wildman–Crippen MR) is 61.0 cm³/mol. The van der Waals surface area contributed by atoms with Gasteiger partial charge in [-0.25, -0.2) is 0 Å². The Bertz CT molecular complexity index is 406. The number of amides is 1. The highest BCUT2D eigenvalue weighted by atomic mass is 35.5. The maximum Gasteiger partial charge on any atom is 0.289 e. The lowest BCUT2D eigenvalue weighted by Gasteiger charge is -2.35. The molecule has 2 heterocycles. The van der Waals surface area contributed by atoms with Gasteiger partial charge in [-0.3, -0.25) is 4.79 Å². The van der Waals surface area contributed by atoms with Crippen LogP contribution >= 0.6 is 11.6 Å². The highest BCUT2D eigenvalue weighted by Gasteiger charge is 2.29. The van der Waals surface area contributed by atoms with Crippen LogP contribution < -0.4 is 0 Å². The van der Waals surface area contributed by atoms with E-state index in [0.29, 0.717) is 13.1 Å². The average molecular weight is 260 g/mol. The predicted octanol–water partition coefficient (Wildman–Crippen LogP) is 1.15. The zero-order chi connectivity index (χ0) is 12.4. The summed E-state index contributed by atoms with van der Waals surface area (Å²) in [5, 5.41) is 9.26. The topological polar surface area (TPSA) is 62.9 Å². The van der Waals surface area contributed by atoms with Crippen molar-refractivity contribution >= 4 is 17.5 Å². The van der Waals surface area contributed by atoms with E-state index in [-0.39, 0.29) is 35.7 Å². The van der Waals surface area contributed by atoms with E-state index in [9.17, 15) is 4.79 Å². The van der Waals surface area contributed by atoms with Crippen LogP contribution in [0.3, 0.4) is 0 Å². The number of hydrogen-bond donors (Lipinski definition) is 1. The Balaban J connectivity index is 2.08. The molecule has 0 aliphatic carbocycles. The molecule has 1 fully saturated rings. The van der Waals surface area contributed by atoms with Gasteiger partial charge < -0.3 is 19.2 Å². The average Bonchev–Trinajstić information content (AvgIpc) is 2.74. The third-order valence-corrected chi connectivity index (χ3v) is 2.80. The van der Waals surface area contributed by atoms with Gasteiger partial charge in [0, 0.05) is 13.1 Å². The lowest BCUT2D eigenvalue weighted by atomic mass is 10.2. The van der Waals surface area contributed by atoms with Crippen molar-refractivity contribution in [3.63, 3.8) is 0 Å². The molecular weight excluding hydrogens is 246 g/mol. The fraction of sp³-hybridized carbons (Fsp3) is 0.545. The highest BCUT2D eigenvalue weighted by molar-refractivity contribution is 6.29. The molecular formula is C11H14ClNO4. The van der Waals surface area contributed by atoms with Crippen molar-refractivity contribution in [2.45, 2.75) is 19.1 Å². The monoisotopic (exact) mass is 259 g/mol. The van der Waals surface area contributed by atoms with Gasteiger partial charge in [0.05, 0.1) is 18.8 Å². The van der Waals surface area contributed by atoms with Crippen LogP contribution in [0.5, 0.6) is 0 Å². The SMILES string of the molecule is CC1CN(C(=O)c2ccc(Cl)o2)CC(CO)O1. The molecule has 1 amide bonds. The number of aliphatic hydroxyl groups is 1. The molecule has 5 nitrogen and oxygen atoms in total. The molecule has 6 heteroatoms. The zero-order valence-corrected chi connectivity index (χ0v) is 10.2. The summed E-state index contributed by atoms with van der Waals surface area (Å²) in [7, 11) is 0. The molecule has 1 N–H and O–H groups in total. The fourth-order valence-electron chi connectivity index (χ4n) is 1.90. The Labute approximate surface area is 104 Å². The molecule has 94 valence electrons. The van der Waals surface area contributed by atoms with Gasteiger partial charge in [-0.15, -0.1) is 0 Å². The molecule has 0 radical (unpaired) electrons. The van der Waals surface area contributed by atoms with Gasteiger partial charge in [-0.2, -0.15) is 0 Å². The molecule has 1 saturated heterocycles. The number of rotatable bonds is 2. The molecule has 1 aromatic rings. The molecule has 2 atom stereocenters. The smallest absolute Gasteiger partial charge is 0.289 e. The third kappa shape index (κ3) is 2.80. The Hall–Kier alpha value is -1.04. The maximum atomic E-state index is 12.1. The number of nitrogens with zero attached hydrogens (tertiary/aromatic N) is 1. The summed E-state index contributed by atoms with van der Waals surface area (Å²) in [6.45, 7) is 2.59. The number of morpholine rings is 1. The molecule has 17 heavy (non-hydrogen) atoms. The van der Waals surface area contributed by atoms with Crippen LogP contribution in [-0.4, -0.2) is 47.8 Å². The normalized spacial score (nSPS) is 25.0. The van der Waals surface area contributed by atoms with Crippen LogP contribution in [0, 0.1) is 0 Å². The maximum absolute atomic E-state index is 12.1. The summed E-state index contributed by atoms with van der Waals surface area (Å²) >= 11 is 5.63. The van der Waals surface area contributed by atoms with Gasteiger partial charge in [0.2, 0.25) is 0 Å². The highest BCUT2D eigenvalue weighted by Crippen LogP contribution is 2.18. The quantitative estimate of drug-likeness (QED) is 0.866. The summed E-state index contributed by atoms with van der Waals surface area (Å²) in [4.78, 5) is 13.7. The van der Waals surface area contributed by atoms with Crippen LogP contribution in [0.4, 0.5) is 0 Å². The van der Waals surface area contributed by atoms with Crippen LogP contribution in [0.2, 0.25) is 5.22 Å². The summed E-state index contributed by atoms with van der Waals surface area (Å²) in [6, 6.07) is 3.07. The Kier molecular flexibility index (Phi) is 3.71. The van der Waals surface area contributed by atoms with E-state index >= 15 is 0 Å². The van der Waals surface area contributed by atoms with E-state index in [1.54, 1.807) is 11.0 Å². The van der Waals surface area contributed by atoms with Gasteiger partial charge in [-0.1, -0.05) is 0 Å². The molecule has 0 aromatic carbocycles. The third-order valence-electron chi connectivity index (χ3n) is 2.60. The standard InChI is InChI=1S/C11H14ClNO4/c1-7-4-13(5-8(6-14)16-7)11(15)9-2-3-10(12)17-9/h2-3,7-8,14H,4-6H2,1H3. The van der Waals surface area contributed by atoms with E-state index in [1.165, 1.54) is 6.07 Å². The minimum Gasteiger partial charge on any atom is -0.440 e. The second-order valence-corrected chi connectivity index (χ2v) is 4.44. The minimum atomic E-state index is -0.340. The Morgan fingerprint density at radius 3 is 2.94 bits per heavy atom. The van der Waals surface area contributed by atoms with Gasteiger partial charge >= 0.3 is 0 Å². The molecule has 0 bridgehead atoms. The molecule has 2 unspecified atom stereocenters. The number of carbonyl (C=O) groups excluding carboxylic acids is 1. The summed E-state index contributed by atoms with van der Waals surface area (Å²) < 4.78 is 10.5. The second kappa shape index (κ2) is 5.08. The van der Waals surface area contributed by atoms with E-state index < -0.39 is 0 Å². The van der Waals surface area contributed by atoms with E-state index in [0.717, 1.165) is 0 Å². The molecule has 0 spiro atoms. The van der Waals surface area contributed by atoms with Crippen molar-refractivity contribution in [2.75, 3.05) is 19.7 Å².